The van der Waals surface area contributed by atoms with Crippen LogP contribution in [-0.4, -0.2) is 55.9 Å². The van der Waals surface area contributed by atoms with E-state index in [1.807, 2.05) is 13.8 Å². The van der Waals surface area contributed by atoms with E-state index in [0.29, 0.717) is 13.0 Å². The zero-order valence-electron chi connectivity index (χ0n) is 13.3. The molecular weight excluding hydrogens is 317 g/mol. The summed E-state index contributed by atoms with van der Waals surface area (Å²) in [5.41, 5.74) is -1.12. The summed E-state index contributed by atoms with van der Waals surface area (Å²) in [6.07, 6.45) is -4.88. The van der Waals surface area contributed by atoms with Crippen molar-refractivity contribution in [2.24, 2.45) is 11.8 Å². The summed E-state index contributed by atoms with van der Waals surface area (Å²) in [5.74, 6) is -0.490. The molecule has 0 aromatic carbocycles. The predicted octanol–water partition coefficient (Wildman–Crippen LogP) is 2.08. The number of carbonyl (C=O) groups is 1. The number of hydrogen-bond donors (Lipinski definition) is 0. The van der Waals surface area contributed by atoms with Crippen molar-refractivity contribution in [1.82, 2.24) is 0 Å². The average Bonchev–Trinajstić information content (AvgIpc) is 3.34. The topological polar surface area (TPSA) is 60.6 Å². The lowest BCUT2D eigenvalue weighted by atomic mass is 9.67. The first-order chi connectivity index (χ1) is 10.6. The number of halogens is 3. The van der Waals surface area contributed by atoms with Crippen LogP contribution in [0.3, 0.4) is 0 Å². The molecular formula is C15H21F3O5. The second kappa shape index (κ2) is 5.40. The third-order valence-electron chi connectivity index (χ3n) is 5.56. The van der Waals surface area contributed by atoms with E-state index in [1.165, 1.54) is 7.11 Å². The van der Waals surface area contributed by atoms with Crippen molar-refractivity contribution in [1.29, 1.82) is 0 Å². The average molecular weight is 338 g/mol. The summed E-state index contributed by atoms with van der Waals surface area (Å²) in [7, 11) is 1.47. The largest absolute Gasteiger partial charge is 0.522 e. The molecule has 23 heavy (non-hydrogen) atoms. The quantitative estimate of drug-likeness (QED) is 0.718. The number of ether oxygens (including phenoxy) is 4. The van der Waals surface area contributed by atoms with Gasteiger partial charge < -0.3 is 14.2 Å². The normalized spacial score (nSPS) is 46.3. The van der Waals surface area contributed by atoms with Crippen LogP contribution in [0, 0.1) is 11.8 Å². The van der Waals surface area contributed by atoms with Gasteiger partial charge in [0.15, 0.2) is 5.78 Å². The molecule has 2 heterocycles. The van der Waals surface area contributed by atoms with Crippen molar-refractivity contribution < 1.29 is 36.9 Å². The molecule has 0 aromatic rings. The smallest absolute Gasteiger partial charge is 0.373 e. The molecule has 0 aromatic heterocycles. The highest BCUT2D eigenvalue weighted by Crippen LogP contribution is 2.56. The van der Waals surface area contributed by atoms with E-state index in [-0.39, 0.29) is 30.1 Å². The number of alkyl halides is 3. The van der Waals surface area contributed by atoms with Crippen molar-refractivity contribution in [2.75, 3.05) is 20.3 Å². The van der Waals surface area contributed by atoms with Gasteiger partial charge in [0.25, 0.3) is 0 Å². The van der Waals surface area contributed by atoms with Gasteiger partial charge in [-0.15, -0.1) is 13.2 Å². The van der Waals surface area contributed by atoms with Gasteiger partial charge in [-0.25, -0.2) is 0 Å². The molecule has 132 valence electrons. The molecule has 8 heteroatoms. The molecule has 0 amide bonds. The Kier molecular flexibility index (Phi) is 4.03. The number of hydrogen-bond acceptors (Lipinski definition) is 5. The Morgan fingerprint density at radius 2 is 2.04 bits per heavy atom. The van der Waals surface area contributed by atoms with Crippen molar-refractivity contribution in [3.8, 4) is 0 Å². The van der Waals surface area contributed by atoms with Crippen molar-refractivity contribution >= 4 is 5.78 Å². The number of ketones is 1. The van der Waals surface area contributed by atoms with Gasteiger partial charge in [0, 0.05) is 25.4 Å². The molecule has 5 nitrogen and oxygen atoms in total. The van der Waals surface area contributed by atoms with E-state index in [1.54, 1.807) is 0 Å². The van der Waals surface area contributed by atoms with E-state index >= 15 is 0 Å². The highest BCUT2D eigenvalue weighted by atomic mass is 19.4. The van der Waals surface area contributed by atoms with E-state index in [0.717, 1.165) is 0 Å². The second-order valence-electron chi connectivity index (χ2n) is 6.82. The Morgan fingerprint density at radius 3 is 2.57 bits per heavy atom. The van der Waals surface area contributed by atoms with E-state index in [2.05, 4.69) is 4.74 Å². The van der Waals surface area contributed by atoms with Crippen LogP contribution in [0.4, 0.5) is 13.2 Å². The number of rotatable bonds is 5. The Morgan fingerprint density at radius 1 is 1.39 bits per heavy atom. The zero-order chi connectivity index (χ0) is 17.0. The molecule has 0 bridgehead atoms. The van der Waals surface area contributed by atoms with Gasteiger partial charge in [-0.2, -0.15) is 0 Å². The van der Waals surface area contributed by atoms with Gasteiger partial charge in [-0.3, -0.25) is 9.53 Å². The highest BCUT2D eigenvalue weighted by Gasteiger charge is 2.68. The summed E-state index contributed by atoms with van der Waals surface area (Å²) < 4.78 is 56.5. The summed E-state index contributed by atoms with van der Waals surface area (Å²) >= 11 is 0. The Labute approximate surface area is 132 Å². The minimum absolute atomic E-state index is 0.0248. The third-order valence-corrected chi connectivity index (χ3v) is 5.56. The monoisotopic (exact) mass is 338 g/mol. The Hall–Kier alpha value is -0.700. The molecule has 3 fully saturated rings. The third kappa shape index (κ3) is 3.01. The molecule has 2 saturated heterocycles. The summed E-state index contributed by atoms with van der Waals surface area (Å²) in [6.45, 7) is 3.73. The van der Waals surface area contributed by atoms with Crippen LogP contribution in [0.5, 0.6) is 0 Å². The molecule has 0 radical (unpaired) electrons. The summed E-state index contributed by atoms with van der Waals surface area (Å²) in [4.78, 5) is 12.5. The van der Waals surface area contributed by atoms with E-state index < -0.39 is 30.3 Å². The molecule has 3 aliphatic rings. The molecule has 1 saturated carbocycles. The second-order valence-corrected chi connectivity index (χ2v) is 6.82. The number of epoxide rings is 2. The standard InChI is InChI=1S/C15H21F3O5/c1-8-11(19)12(20-3)9(6-14(8)7-22-14)13(2)10(23-13)4-5-21-15(16,17)18/h8-10,12H,4-7H2,1-3H3/t8-,9-,10-,12+,13-,14-/m1/s1. The first-order valence-corrected chi connectivity index (χ1v) is 7.72. The lowest BCUT2D eigenvalue weighted by molar-refractivity contribution is -0.324. The molecule has 0 N–H and O–H groups in total. The van der Waals surface area contributed by atoms with Crippen molar-refractivity contribution in [2.45, 2.75) is 56.5 Å². The van der Waals surface area contributed by atoms with Gasteiger partial charge in [-0.05, 0) is 13.3 Å². The predicted molar refractivity (Wildman–Crippen MR) is 71.7 cm³/mol. The molecule has 1 aliphatic carbocycles. The lowest BCUT2D eigenvalue weighted by Gasteiger charge is -2.39. The summed E-state index contributed by atoms with van der Waals surface area (Å²) in [6, 6.07) is 0. The maximum absolute atomic E-state index is 12.5. The summed E-state index contributed by atoms with van der Waals surface area (Å²) in [5, 5.41) is 0. The Bertz CT molecular complexity index is 490. The molecule has 2 aliphatic heterocycles. The lowest BCUT2D eigenvalue weighted by Crippen LogP contribution is -2.53. The number of methoxy groups -OCH3 is 1. The minimum Gasteiger partial charge on any atom is -0.373 e. The van der Waals surface area contributed by atoms with Crippen LogP contribution in [0.25, 0.3) is 0 Å². The number of Topliss-reactive ketones (excluding diaryl/α,β-unsaturated/α-hetero) is 1. The molecule has 3 rings (SSSR count). The number of carbonyl (C=O) groups excluding carboxylic acids is 1. The maximum atomic E-state index is 12.5. The first-order valence-electron chi connectivity index (χ1n) is 7.72. The maximum Gasteiger partial charge on any atom is 0.522 e. The van der Waals surface area contributed by atoms with Crippen LogP contribution in [-0.2, 0) is 23.7 Å². The van der Waals surface area contributed by atoms with Crippen LogP contribution >= 0.6 is 0 Å². The molecule has 1 spiro atoms. The SMILES string of the molecule is CO[C@@H]1C(=O)[C@@H](C)[C@]2(CO2)C[C@H]1[C@@]1(C)O[C@@H]1CCOC(F)(F)F. The zero-order valence-corrected chi connectivity index (χ0v) is 13.3. The van der Waals surface area contributed by atoms with E-state index in [9.17, 15) is 18.0 Å². The minimum atomic E-state index is -4.64. The van der Waals surface area contributed by atoms with E-state index in [4.69, 9.17) is 14.2 Å². The van der Waals surface area contributed by atoms with Gasteiger partial charge in [0.2, 0.25) is 0 Å². The Balaban J connectivity index is 1.65. The van der Waals surface area contributed by atoms with Crippen LogP contribution in [0.15, 0.2) is 0 Å². The van der Waals surface area contributed by atoms with Gasteiger partial charge in [0.1, 0.15) is 11.7 Å². The molecule has 6 atom stereocenters. The van der Waals surface area contributed by atoms with Gasteiger partial charge >= 0.3 is 6.36 Å². The van der Waals surface area contributed by atoms with Crippen LogP contribution < -0.4 is 0 Å². The fraction of sp³-hybridized carbons (Fsp3) is 0.933. The van der Waals surface area contributed by atoms with Crippen LogP contribution in [0.1, 0.15) is 26.7 Å². The fourth-order valence-electron chi connectivity index (χ4n) is 3.83. The van der Waals surface area contributed by atoms with Crippen molar-refractivity contribution in [3.05, 3.63) is 0 Å². The first kappa shape index (κ1) is 17.1. The highest BCUT2D eigenvalue weighted by molar-refractivity contribution is 5.88. The van der Waals surface area contributed by atoms with Crippen molar-refractivity contribution in [3.63, 3.8) is 0 Å². The van der Waals surface area contributed by atoms with Gasteiger partial charge in [0.05, 0.1) is 24.9 Å². The molecule has 0 unspecified atom stereocenters. The van der Waals surface area contributed by atoms with Crippen LogP contribution in [0.2, 0.25) is 0 Å². The van der Waals surface area contributed by atoms with Gasteiger partial charge in [-0.1, -0.05) is 6.92 Å². The fourth-order valence-corrected chi connectivity index (χ4v) is 3.83.